The third kappa shape index (κ3) is 2.88. The van der Waals surface area contributed by atoms with Gasteiger partial charge in [0.1, 0.15) is 6.61 Å². The van der Waals surface area contributed by atoms with E-state index in [9.17, 15) is 4.79 Å². The van der Waals surface area contributed by atoms with Crippen molar-refractivity contribution in [1.29, 1.82) is 0 Å². The van der Waals surface area contributed by atoms with E-state index in [1.165, 1.54) is 10.8 Å². The van der Waals surface area contributed by atoms with Crippen LogP contribution in [0.4, 0.5) is 0 Å². The average Bonchev–Trinajstić information content (AvgIpc) is 2.41. The molecule has 1 heterocycles. The second-order valence-corrected chi connectivity index (χ2v) is 3.59. The molecule has 0 unspecified atom stereocenters. The second-order valence-electron chi connectivity index (χ2n) is 3.59. The van der Waals surface area contributed by atoms with Crippen molar-refractivity contribution in [2.45, 2.75) is 6.54 Å². The molecular formula is C13H14N2O3. The molecule has 2 rings (SSSR count). The normalized spacial score (nSPS) is 10.1. The third-order valence-electron chi connectivity index (χ3n) is 2.44. The summed E-state index contributed by atoms with van der Waals surface area (Å²) in [6, 6.07) is 9.10. The minimum atomic E-state index is -0.277. The van der Waals surface area contributed by atoms with Gasteiger partial charge < -0.3 is 9.47 Å². The van der Waals surface area contributed by atoms with Gasteiger partial charge in [-0.2, -0.15) is 0 Å². The summed E-state index contributed by atoms with van der Waals surface area (Å²) in [5, 5.41) is 0. The van der Waals surface area contributed by atoms with Gasteiger partial charge in [0.05, 0.1) is 13.7 Å². The molecule has 0 spiro atoms. The van der Waals surface area contributed by atoms with Crippen molar-refractivity contribution in [2.24, 2.45) is 0 Å². The maximum absolute atomic E-state index is 11.4. The number of ether oxygens (including phenoxy) is 2. The number of hydrogen-bond acceptors (Lipinski definition) is 4. The molecule has 2 aromatic rings. The molecule has 5 heteroatoms. The van der Waals surface area contributed by atoms with Crippen molar-refractivity contribution < 1.29 is 9.47 Å². The molecule has 0 fully saturated rings. The minimum absolute atomic E-state index is 0.277. The molecule has 0 saturated carbocycles. The Bertz CT molecular complexity index is 566. The summed E-state index contributed by atoms with van der Waals surface area (Å²) in [6.07, 6.45) is 3.15. The quantitative estimate of drug-likeness (QED) is 0.798. The highest BCUT2D eigenvalue weighted by atomic mass is 16.5. The van der Waals surface area contributed by atoms with Crippen LogP contribution in [-0.2, 0) is 6.54 Å². The van der Waals surface area contributed by atoms with E-state index in [0.29, 0.717) is 24.7 Å². The number of rotatable bonds is 5. The molecule has 0 bridgehead atoms. The molecule has 0 N–H and O–H groups in total. The summed E-state index contributed by atoms with van der Waals surface area (Å²) >= 11 is 0. The van der Waals surface area contributed by atoms with Crippen LogP contribution < -0.4 is 15.2 Å². The number of methoxy groups -OCH3 is 1. The monoisotopic (exact) mass is 246 g/mol. The Morgan fingerprint density at radius 2 is 2.00 bits per heavy atom. The number of hydrogen-bond donors (Lipinski definition) is 0. The van der Waals surface area contributed by atoms with Crippen molar-refractivity contribution in [3.05, 3.63) is 53.2 Å². The van der Waals surface area contributed by atoms with Crippen LogP contribution in [0.15, 0.2) is 47.5 Å². The van der Waals surface area contributed by atoms with E-state index in [-0.39, 0.29) is 5.69 Å². The van der Waals surface area contributed by atoms with Gasteiger partial charge in [0.25, 0.3) is 0 Å². The van der Waals surface area contributed by atoms with Crippen LogP contribution in [0.2, 0.25) is 0 Å². The fraction of sp³-hybridized carbons (Fsp3) is 0.231. The van der Waals surface area contributed by atoms with Crippen LogP contribution >= 0.6 is 0 Å². The Kier molecular flexibility index (Phi) is 3.96. The van der Waals surface area contributed by atoms with Gasteiger partial charge in [-0.25, -0.2) is 9.78 Å². The SMILES string of the molecule is COc1ccccc1OCCn1cccnc1=O. The van der Waals surface area contributed by atoms with Crippen LogP contribution in [-0.4, -0.2) is 23.3 Å². The van der Waals surface area contributed by atoms with Crippen molar-refractivity contribution in [2.75, 3.05) is 13.7 Å². The van der Waals surface area contributed by atoms with Gasteiger partial charge in [0, 0.05) is 12.4 Å². The summed E-state index contributed by atoms with van der Waals surface area (Å²) < 4.78 is 12.2. The van der Waals surface area contributed by atoms with E-state index in [1.807, 2.05) is 24.3 Å². The van der Waals surface area contributed by atoms with Crippen molar-refractivity contribution in [1.82, 2.24) is 9.55 Å². The van der Waals surface area contributed by atoms with Crippen LogP contribution in [0.25, 0.3) is 0 Å². The first-order valence-electron chi connectivity index (χ1n) is 5.58. The summed E-state index contributed by atoms with van der Waals surface area (Å²) in [5.74, 6) is 1.34. The summed E-state index contributed by atoms with van der Waals surface area (Å²) in [4.78, 5) is 15.0. The molecule has 0 radical (unpaired) electrons. The molecule has 0 aliphatic heterocycles. The molecule has 0 saturated heterocycles. The Labute approximate surface area is 105 Å². The van der Waals surface area contributed by atoms with E-state index in [2.05, 4.69) is 4.98 Å². The van der Waals surface area contributed by atoms with Crippen molar-refractivity contribution in [3.8, 4) is 11.5 Å². The van der Waals surface area contributed by atoms with E-state index >= 15 is 0 Å². The molecular weight excluding hydrogens is 232 g/mol. The zero-order valence-electron chi connectivity index (χ0n) is 10.1. The van der Waals surface area contributed by atoms with Gasteiger partial charge >= 0.3 is 5.69 Å². The molecule has 18 heavy (non-hydrogen) atoms. The van der Waals surface area contributed by atoms with Crippen molar-refractivity contribution >= 4 is 0 Å². The van der Waals surface area contributed by atoms with Gasteiger partial charge in [0.2, 0.25) is 0 Å². The predicted molar refractivity (Wildman–Crippen MR) is 67.0 cm³/mol. The summed E-state index contributed by atoms with van der Waals surface area (Å²) in [5.41, 5.74) is -0.277. The van der Waals surface area contributed by atoms with Crippen molar-refractivity contribution in [3.63, 3.8) is 0 Å². The minimum Gasteiger partial charge on any atom is -0.493 e. The highest BCUT2D eigenvalue weighted by Crippen LogP contribution is 2.25. The van der Waals surface area contributed by atoms with E-state index in [0.717, 1.165) is 0 Å². The lowest BCUT2D eigenvalue weighted by Crippen LogP contribution is -2.24. The third-order valence-corrected chi connectivity index (χ3v) is 2.44. The topological polar surface area (TPSA) is 53.4 Å². The fourth-order valence-electron chi connectivity index (χ4n) is 1.55. The largest absolute Gasteiger partial charge is 0.493 e. The molecule has 1 aromatic heterocycles. The molecule has 0 aliphatic rings. The lowest BCUT2D eigenvalue weighted by molar-refractivity contribution is 0.277. The molecule has 0 amide bonds. The lowest BCUT2D eigenvalue weighted by atomic mass is 10.3. The zero-order valence-corrected chi connectivity index (χ0v) is 10.1. The number of nitrogens with zero attached hydrogens (tertiary/aromatic N) is 2. The fourth-order valence-corrected chi connectivity index (χ4v) is 1.55. The van der Waals surface area contributed by atoms with Gasteiger partial charge in [-0.05, 0) is 18.2 Å². The van der Waals surface area contributed by atoms with Crippen LogP contribution in [0.5, 0.6) is 11.5 Å². The van der Waals surface area contributed by atoms with Crippen LogP contribution in [0.3, 0.4) is 0 Å². The van der Waals surface area contributed by atoms with E-state index in [1.54, 1.807) is 19.4 Å². The highest BCUT2D eigenvalue weighted by molar-refractivity contribution is 5.39. The summed E-state index contributed by atoms with van der Waals surface area (Å²) in [7, 11) is 1.59. The molecule has 1 aromatic carbocycles. The molecule has 0 atom stereocenters. The predicted octanol–water partition coefficient (Wildman–Crippen LogP) is 1.33. The van der Waals surface area contributed by atoms with Gasteiger partial charge in [-0.15, -0.1) is 0 Å². The van der Waals surface area contributed by atoms with Crippen LogP contribution in [0, 0.1) is 0 Å². The highest BCUT2D eigenvalue weighted by Gasteiger charge is 2.02. The number of benzene rings is 1. The Balaban J connectivity index is 1.97. The molecule has 94 valence electrons. The Hall–Kier alpha value is -2.30. The number of para-hydroxylation sites is 2. The second kappa shape index (κ2) is 5.86. The van der Waals surface area contributed by atoms with Gasteiger partial charge in [-0.1, -0.05) is 12.1 Å². The molecule has 0 aliphatic carbocycles. The number of aromatic nitrogens is 2. The zero-order chi connectivity index (χ0) is 12.8. The van der Waals surface area contributed by atoms with E-state index in [4.69, 9.17) is 9.47 Å². The smallest absolute Gasteiger partial charge is 0.347 e. The average molecular weight is 246 g/mol. The van der Waals surface area contributed by atoms with Gasteiger partial charge in [-0.3, -0.25) is 4.57 Å². The first-order chi connectivity index (χ1) is 8.81. The molecule has 5 nitrogen and oxygen atoms in total. The first kappa shape index (κ1) is 12.2. The van der Waals surface area contributed by atoms with Crippen LogP contribution in [0.1, 0.15) is 0 Å². The lowest BCUT2D eigenvalue weighted by Gasteiger charge is -2.10. The summed E-state index contributed by atoms with van der Waals surface area (Å²) in [6.45, 7) is 0.830. The standard InChI is InChI=1S/C13H14N2O3/c1-17-11-5-2-3-6-12(11)18-10-9-15-8-4-7-14-13(15)16/h2-8H,9-10H2,1H3. The van der Waals surface area contributed by atoms with E-state index < -0.39 is 0 Å². The van der Waals surface area contributed by atoms with Gasteiger partial charge in [0.15, 0.2) is 11.5 Å². The Morgan fingerprint density at radius 3 is 2.72 bits per heavy atom. The Morgan fingerprint density at radius 1 is 1.22 bits per heavy atom. The first-order valence-corrected chi connectivity index (χ1v) is 5.58. The maximum Gasteiger partial charge on any atom is 0.347 e. The maximum atomic E-state index is 11.4.